The zero-order chi connectivity index (χ0) is 16.9. The van der Waals surface area contributed by atoms with Crippen LogP contribution in [0.25, 0.3) is 0 Å². The summed E-state index contributed by atoms with van der Waals surface area (Å²) >= 11 is 4.69. The Bertz CT molecular complexity index is 714. The zero-order valence-corrected chi connectivity index (χ0v) is 15.6. The van der Waals surface area contributed by atoms with Crippen molar-refractivity contribution in [2.24, 2.45) is 0 Å². The number of rotatable bonds is 5. The second-order valence-corrected chi connectivity index (χ2v) is 7.75. The van der Waals surface area contributed by atoms with E-state index in [0.29, 0.717) is 11.1 Å². The first-order valence-corrected chi connectivity index (χ1v) is 9.80. The minimum Gasteiger partial charge on any atom is -0.336 e. The summed E-state index contributed by atoms with van der Waals surface area (Å²) < 4.78 is 2.47. The molecule has 1 aromatic heterocycles. The van der Waals surface area contributed by atoms with E-state index in [1.54, 1.807) is 4.68 Å². The van der Waals surface area contributed by atoms with Crippen molar-refractivity contribution in [1.82, 2.24) is 14.9 Å². The molecule has 128 valence electrons. The number of benzene rings is 1. The SMILES string of the molecule is Nn1c(SCC(=O)Nc2cccc(Br)c2)nnc1C1CCCCC1. The standard InChI is InChI=1S/C16H20BrN5OS/c17-12-7-4-8-13(9-12)19-14(23)10-24-16-21-20-15(22(16)18)11-5-2-1-3-6-11/h4,7-9,11H,1-3,5-6,10,18H2,(H,19,23). The van der Waals surface area contributed by atoms with E-state index in [1.165, 1.54) is 31.0 Å². The quantitative estimate of drug-likeness (QED) is 0.582. The van der Waals surface area contributed by atoms with Crippen LogP contribution in [0.3, 0.4) is 0 Å². The van der Waals surface area contributed by atoms with Crippen molar-refractivity contribution < 1.29 is 4.79 Å². The van der Waals surface area contributed by atoms with Crippen molar-refractivity contribution >= 4 is 39.3 Å². The number of hydrogen-bond donors (Lipinski definition) is 2. The summed E-state index contributed by atoms with van der Waals surface area (Å²) in [6.45, 7) is 0. The van der Waals surface area contributed by atoms with Crippen LogP contribution in [0.4, 0.5) is 5.69 Å². The highest BCUT2D eigenvalue weighted by atomic mass is 79.9. The number of nitrogens with one attached hydrogen (secondary N) is 1. The number of anilines is 1. The van der Waals surface area contributed by atoms with Gasteiger partial charge in [0, 0.05) is 16.1 Å². The maximum Gasteiger partial charge on any atom is 0.234 e. The van der Waals surface area contributed by atoms with E-state index in [1.807, 2.05) is 24.3 Å². The molecule has 6 nitrogen and oxygen atoms in total. The molecule has 2 aromatic rings. The van der Waals surface area contributed by atoms with Gasteiger partial charge in [0.2, 0.25) is 11.1 Å². The van der Waals surface area contributed by atoms with E-state index in [4.69, 9.17) is 5.84 Å². The largest absolute Gasteiger partial charge is 0.336 e. The van der Waals surface area contributed by atoms with Gasteiger partial charge < -0.3 is 11.2 Å². The molecular weight excluding hydrogens is 390 g/mol. The lowest BCUT2D eigenvalue weighted by Gasteiger charge is -2.20. The van der Waals surface area contributed by atoms with Gasteiger partial charge in [-0.2, -0.15) is 0 Å². The molecule has 0 aliphatic heterocycles. The van der Waals surface area contributed by atoms with Crippen molar-refractivity contribution in [2.75, 3.05) is 16.9 Å². The van der Waals surface area contributed by atoms with E-state index in [-0.39, 0.29) is 11.7 Å². The maximum atomic E-state index is 12.1. The number of aromatic nitrogens is 3. The van der Waals surface area contributed by atoms with Crippen LogP contribution in [0.2, 0.25) is 0 Å². The third-order valence-electron chi connectivity index (χ3n) is 4.10. The van der Waals surface area contributed by atoms with Crippen molar-refractivity contribution in [1.29, 1.82) is 0 Å². The van der Waals surface area contributed by atoms with Crippen LogP contribution in [-0.2, 0) is 4.79 Å². The second-order valence-electron chi connectivity index (χ2n) is 5.89. The molecule has 0 saturated heterocycles. The third-order valence-corrected chi connectivity index (χ3v) is 5.54. The summed E-state index contributed by atoms with van der Waals surface area (Å²) in [7, 11) is 0. The molecule has 3 rings (SSSR count). The van der Waals surface area contributed by atoms with Crippen molar-refractivity contribution in [3.63, 3.8) is 0 Å². The molecule has 8 heteroatoms. The summed E-state index contributed by atoms with van der Waals surface area (Å²) in [5, 5.41) is 11.8. The lowest BCUT2D eigenvalue weighted by molar-refractivity contribution is -0.113. The Morgan fingerprint density at radius 3 is 2.88 bits per heavy atom. The first kappa shape index (κ1) is 17.3. The Labute approximate surface area is 153 Å². The fraction of sp³-hybridized carbons (Fsp3) is 0.438. The minimum atomic E-state index is -0.0969. The van der Waals surface area contributed by atoms with Gasteiger partial charge in [-0.25, -0.2) is 4.68 Å². The number of amides is 1. The third kappa shape index (κ3) is 4.30. The van der Waals surface area contributed by atoms with Crippen molar-refractivity contribution in [3.8, 4) is 0 Å². The van der Waals surface area contributed by atoms with Crippen molar-refractivity contribution in [3.05, 3.63) is 34.6 Å². The number of nitrogens with zero attached hydrogens (tertiary/aromatic N) is 3. The molecule has 1 amide bonds. The van der Waals surface area contributed by atoms with Gasteiger partial charge >= 0.3 is 0 Å². The van der Waals surface area contributed by atoms with Gasteiger partial charge in [0.25, 0.3) is 0 Å². The molecule has 0 spiro atoms. The summed E-state index contributed by atoms with van der Waals surface area (Å²) in [6, 6.07) is 7.49. The number of carbonyl (C=O) groups excluding carboxylic acids is 1. The molecule has 1 saturated carbocycles. The Morgan fingerprint density at radius 1 is 1.33 bits per heavy atom. The van der Waals surface area contributed by atoms with Crippen molar-refractivity contribution in [2.45, 2.75) is 43.2 Å². The van der Waals surface area contributed by atoms with Gasteiger partial charge in [-0.3, -0.25) is 4.79 Å². The second kappa shape index (κ2) is 8.02. The van der Waals surface area contributed by atoms with Crippen LogP contribution in [0.15, 0.2) is 33.9 Å². The van der Waals surface area contributed by atoms with Gasteiger partial charge in [-0.15, -0.1) is 10.2 Å². The van der Waals surface area contributed by atoms with Gasteiger partial charge in [0.05, 0.1) is 5.75 Å². The molecule has 1 aliphatic carbocycles. The highest BCUT2D eigenvalue weighted by Gasteiger charge is 2.22. The number of thioether (sulfide) groups is 1. The smallest absolute Gasteiger partial charge is 0.234 e. The fourth-order valence-corrected chi connectivity index (χ4v) is 3.98. The minimum absolute atomic E-state index is 0.0969. The average Bonchev–Trinajstić information content (AvgIpc) is 2.94. The Morgan fingerprint density at radius 2 is 2.12 bits per heavy atom. The predicted octanol–water partition coefficient (Wildman–Crippen LogP) is 3.53. The fourth-order valence-electron chi connectivity index (χ4n) is 2.92. The lowest BCUT2D eigenvalue weighted by Crippen LogP contribution is -2.19. The topological polar surface area (TPSA) is 85.8 Å². The van der Waals surface area contributed by atoms with Crippen LogP contribution < -0.4 is 11.2 Å². The average molecular weight is 410 g/mol. The summed E-state index contributed by atoms with van der Waals surface area (Å²) in [5.41, 5.74) is 0.757. The van der Waals surface area contributed by atoms with E-state index in [2.05, 4.69) is 31.4 Å². The van der Waals surface area contributed by atoms with Gasteiger partial charge in [-0.05, 0) is 31.0 Å². The van der Waals surface area contributed by atoms with Crippen LogP contribution in [0.1, 0.15) is 43.8 Å². The number of nitrogens with two attached hydrogens (primary N) is 1. The highest BCUT2D eigenvalue weighted by molar-refractivity contribution is 9.10. The normalized spacial score (nSPS) is 15.4. The highest BCUT2D eigenvalue weighted by Crippen LogP contribution is 2.32. The molecule has 0 atom stereocenters. The van der Waals surface area contributed by atoms with Crippen LogP contribution in [-0.4, -0.2) is 26.5 Å². The first-order chi connectivity index (χ1) is 11.6. The van der Waals surface area contributed by atoms with Crippen LogP contribution in [0, 0.1) is 0 Å². The molecule has 24 heavy (non-hydrogen) atoms. The molecule has 0 bridgehead atoms. The Hall–Kier alpha value is -1.54. The van der Waals surface area contributed by atoms with E-state index < -0.39 is 0 Å². The number of hydrogen-bond acceptors (Lipinski definition) is 5. The summed E-state index contributed by atoms with van der Waals surface area (Å²) in [4.78, 5) is 12.1. The zero-order valence-electron chi connectivity index (χ0n) is 13.2. The monoisotopic (exact) mass is 409 g/mol. The van der Waals surface area contributed by atoms with Crippen LogP contribution in [0.5, 0.6) is 0 Å². The molecular formula is C16H20BrN5OS. The molecule has 3 N–H and O–H groups in total. The molecule has 1 heterocycles. The molecule has 1 aromatic carbocycles. The number of nitrogen functional groups attached to an aromatic ring is 1. The molecule has 0 unspecified atom stereocenters. The summed E-state index contributed by atoms with van der Waals surface area (Å²) in [6.07, 6.45) is 5.95. The predicted molar refractivity (Wildman–Crippen MR) is 99.5 cm³/mol. The molecule has 0 radical (unpaired) electrons. The van der Waals surface area contributed by atoms with E-state index >= 15 is 0 Å². The van der Waals surface area contributed by atoms with Gasteiger partial charge in [0.15, 0.2) is 5.82 Å². The first-order valence-electron chi connectivity index (χ1n) is 8.02. The lowest BCUT2D eigenvalue weighted by atomic mass is 9.89. The van der Waals surface area contributed by atoms with E-state index in [9.17, 15) is 4.79 Å². The summed E-state index contributed by atoms with van der Waals surface area (Å²) in [5.74, 6) is 7.50. The Balaban J connectivity index is 1.56. The molecule has 1 fully saturated rings. The molecule has 1 aliphatic rings. The van der Waals surface area contributed by atoms with Gasteiger partial charge in [0.1, 0.15) is 0 Å². The number of halogens is 1. The number of carbonyl (C=O) groups is 1. The Kier molecular flexibility index (Phi) is 5.78. The van der Waals surface area contributed by atoms with Crippen LogP contribution >= 0.6 is 27.7 Å². The van der Waals surface area contributed by atoms with Gasteiger partial charge in [-0.1, -0.05) is 53.0 Å². The maximum absolute atomic E-state index is 12.1. The van der Waals surface area contributed by atoms with E-state index in [0.717, 1.165) is 28.8 Å².